The summed E-state index contributed by atoms with van der Waals surface area (Å²) >= 11 is 0. The third-order valence-corrected chi connectivity index (χ3v) is 7.60. The molecule has 0 aliphatic carbocycles. The predicted octanol–water partition coefficient (Wildman–Crippen LogP) is 11.9. The standard InChI is InChI=1S/C41H70O5/c1-4-7-10-13-16-18-19-20-21-22-23-24-26-28-31-34-40(42)45-38-39(37-44-36-33-30-27-17-14-11-8-5-2)46-41(43)35-32-29-25-15-12-9-6-3/h7,10,16,18,20-21,23-24,28,31,39H,4-6,8-9,11-15,17,19,22,25-27,29-30,32-38H2,1-3H3/b10-7-,18-16-,21-20-,24-23-,31-28-. The van der Waals surface area contributed by atoms with Gasteiger partial charge in [-0.05, 0) is 44.9 Å². The maximum atomic E-state index is 12.5. The van der Waals surface area contributed by atoms with E-state index in [1.54, 1.807) is 0 Å². The number of hydrogen-bond donors (Lipinski definition) is 0. The summed E-state index contributed by atoms with van der Waals surface area (Å²) in [5.74, 6) is -0.555. The van der Waals surface area contributed by atoms with E-state index in [9.17, 15) is 9.59 Å². The number of carbonyl (C=O) groups is 2. The fourth-order valence-electron chi connectivity index (χ4n) is 4.82. The fourth-order valence-corrected chi connectivity index (χ4v) is 4.82. The first-order valence-corrected chi connectivity index (χ1v) is 18.8. The van der Waals surface area contributed by atoms with Crippen LogP contribution in [-0.4, -0.2) is 37.9 Å². The van der Waals surface area contributed by atoms with Crippen LogP contribution in [0.25, 0.3) is 0 Å². The van der Waals surface area contributed by atoms with Gasteiger partial charge in [0.15, 0.2) is 6.10 Å². The summed E-state index contributed by atoms with van der Waals surface area (Å²) in [5.41, 5.74) is 0. The van der Waals surface area contributed by atoms with Crippen molar-refractivity contribution in [2.45, 2.75) is 168 Å². The molecular weight excluding hydrogens is 572 g/mol. The molecule has 0 radical (unpaired) electrons. The van der Waals surface area contributed by atoms with Crippen LogP contribution >= 0.6 is 0 Å². The molecule has 5 nitrogen and oxygen atoms in total. The SMILES string of the molecule is CC/C=C\C/C=C\C/C=C\C/C=C\C/C=C\CC(=O)OCC(COCCCCCCCCCC)OC(=O)CCCCCCCCC. The zero-order valence-corrected chi connectivity index (χ0v) is 30.1. The Morgan fingerprint density at radius 3 is 1.48 bits per heavy atom. The van der Waals surface area contributed by atoms with Gasteiger partial charge in [0.05, 0.1) is 13.0 Å². The van der Waals surface area contributed by atoms with Crippen molar-refractivity contribution in [3.05, 3.63) is 60.8 Å². The molecule has 0 aromatic rings. The van der Waals surface area contributed by atoms with Crippen molar-refractivity contribution < 1.29 is 23.8 Å². The van der Waals surface area contributed by atoms with Crippen LogP contribution in [0, 0.1) is 0 Å². The first-order chi connectivity index (χ1) is 22.6. The monoisotopic (exact) mass is 643 g/mol. The van der Waals surface area contributed by atoms with E-state index in [1.165, 1.54) is 64.2 Å². The summed E-state index contributed by atoms with van der Waals surface area (Å²) in [6.07, 6.45) is 43.9. The Morgan fingerprint density at radius 2 is 0.957 bits per heavy atom. The highest BCUT2D eigenvalue weighted by Gasteiger charge is 2.17. The number of hydrogen-bond acceptors (Lipinski definition) is 5. The normalized spacial score (nSPS) is 12.8. The van der Waals surface area contributed by atoms with Gasteiger partial charge in [-0.15, -0.1) is 0 Å². The molecule has 0 saturated heterocycles. The van der Waals surface area contributed by atoms with E-state index in [-0.39, 0.29) is 31.6 Å². The Hall–Kier alpha value is -2.40. The Kier molecular flexibility index (Phi) is 35.1. The maximum Gasteiger partial charge on any atom is 0.309 e. The number of allylic oxidation sites excluding steroid dienone is 9. The molecule has 46 heavy (non-hydrogen) atoms. The van der Waals surface area contributed by atoms with Crippen molar-refractivity contribution >= 4 is 11.9 Å². The van der Waals surface area contributed by atoms with E-state index in [4.69, 9.17) is 14.2 Å². The molecular formula is C41H70O5. The van der Waals surface area contributed by atoms with Gasteiger partial charge < -0.3 is 14.2 Å². The van der Waals surface area contributed by atoms with Gasteiger partial charge in [-0.1, -0.05) is 165 Å². The van der Waals surface area contributed by atoms with Crippen molar-refractivity contribution in [3.63, 3.8) is 0 Å². The third kappa shape index (κ3) is 34.5. The van der Waals surface area contributed by atoms with Crippen LogP contribution < -0.4 is 0 Å². The molecule has 0 bridgehead atoms. The number of ether oxygens (including phenoxy) is 3. The molecule has 0 aliphatic heterocycles. The van der Waals surface area contributed by atoms with Crippen molar-refractivity contribution in [3.8, 4) is 0 Å². The summed E-state index contributed by atoms with van der Waals surface area (Å²) in [6.45, 7) is 7.53. The average molecular weight is 643 g/mol. The molecule has 5 heteroatoms. The van der Waals surface area contributed by atoms with Crippen molar-refractivity contribution in [2.75, 3.05) is 19.8 Å². The van der Waals surface area contributed by atoms with Gasteiger partial charge in [-0.2, -0.15) is 0 Å². The maximum absolute atomic E-state index is 12.5. The molecule has 0 amide bonds. The quantitative estimate of drug-likeness (QED) is 0.0405. The molecule has 1 unspecified atom stereocenters. The first-order valence-electron chi connectivity index (χ1n) is 18.8. The molecule has 0 fully saturated rings. The zero-order chi connectivity index (χ0) is 33.6. The van der Waals surface area contributed by atoms with Crippen LogP contribution in [-0.2, 0) is 23.8 Å². The van der Waals surface area contributed by atoms with Gasteiger partial charge in [0, 0.05) is 13.0 Å². The minimum Gasteiger partial charge on any atom is -0.461 e. The van der Waals surface area contributed by atoms with E-state index < -0.39 is 6.10 Å². The van der Waals surface area contributed by atoms with Crippen molar-refractivity contribution in [1.82, 2.24) is 0 Å². The van der Waals surface area contributed by atoms with Crippen LogP contribution in [0.2, 0.25) is 0 Å². The highest BCUT2D eigenvalue weighted by atomic mass is 16.6. The Balaban J connectivity index is 4.33. The summed E-state index contributed by atoms with van der Waals surface area (Å²) in [7, 11) is 0. The lowest BCUT2D eigenvalue weighted by atomic mass is 10.1. The molecule has 0 rings (SSSR count). The van der Waals surface area contributed by atoms with E-state index in [0.717, 1.165) is 64.2 Å². The topological polar surface area (TPSA) is 61.8 Å². The molecule has 0 heterocycles. The van der Waals surface area contributed by atoms with Gasteiger partial charge in [0.2, 0.25) is 0 Å². The second-order valence-electron chi connectivity index (χ2n) is 12.1. The smallest absolute Gasteiger partial charge is 0.309 e. The van der Waals surface area contributed by atoms with Crippen LogP contribution in [0.15, 0.2) is 60.8 Å². The van der Waals surface area contributed by atoms with Gasteiger partial charge in [-0.3, -0.25) is 9.59 Å². The molecule has 1 atom stereocenters. The first kappa shape index (κ1) is 43.6. The van der Waals surface area contributed by atoms with E-state index in [2.05, 4.69) is 69.4 Å². The van der Waals surface area contributed by atoms with E-state index >= 15 is 0 Å². The molecule has 0 aliphatic rings. The van der Waals surface area contributed by atoms with E-state index in [0.29, 0.717) is 13.0 Å². The summed E-state index contributed by atoms with van der Waals surface area (Å²) < 4.78 is 17.0. The molecule has 0 aromatic carbocycles. The van der Waals surface area contributed by atoms with Crippen LogP contribution in [0.4, 0.5) is 0 Å². The number of esters is 2. The third-order valence-electron chi connectivity index (χ3n) is 7.60. The summed E-state index contributed by atoms with van der Waals surface area (Å²) in [4.78, 5) is 24.8. The molecule has 264 valence electrons. The van der Waals surface area contributed by atoms with Gasteiger partial charge >= 0.3 is 11.9 Å². The van der Waals surface area contributed by atoms with Crippen LogP contribution in [0.5, 0.6) is 0 Å². The second kappa shape index (κ2) is 37.1. The Bertz CT molecular complexity index is 823. The summed E-state index contributed by atoms with van der Waals surface area (Å²) in [5, 5.41) is 0. The Morgan fingerprint density at radius 1 is 0.500 bits per heavy atom. The molecule has 0 N–H and O–H groups in total. The van der Waals surface area contributed by atoms with Gasteiger partial charge in [0.25, 0.3) is 0 Å². The number of unbranched alkanes of at least 4 members (excludes halogenated alkanes) is 13. The lowest BCUT2D eigenvalue weighted by molar-refractivity contribution is -0.162. The molecule has 0 spiro atoms. The minimum atomic E-state index is -0.566. The number of rotatable bonds is 33. The second-order valence-corrected chi connectivity index (χ2v) is 12.1. The van der Waals surface area contributed by atoms with Gasteiger partial charge in [-0.25, -0.2) is 0 Å². The lowest BCUT2D eigenvalue weighted by Crippen LogP contribution is -2.30. The van der Waals surface area contributed by atoms with Crippen LogP contribution in [0.1, 0.15) is 162 Å². The zero-order valence-electron chi connectivity index (χ0n) is 30.1. The molecule has 0 saturated carbocycles. The highest BCUT2D eigenvalue weighted by Crippen LogP contribution is 2.11. The van der Waals surface area contributed by atoms with E-state index in [1.807, 2.05) is 12.2 Å². The minimum absolute atomic E-state index is 0.0315. The number of carbonyl (C=O) groups excluding carboxylic acids is 2. The Labute approximate surface area is 284 Å². The summed E-state index contributed by atoms with van der Waals surface area (Å²) in [6, 6.07) is 0. The fraction of sp³-hybridized carbons (Fsp3) is 0.707. The van der Waals surface area contributed by atoms with Crippen molar-refractivity contribution in [1.29, 1.82) is 0 Å². The van der Waals surface area contributed by atoms with Gasteiger partial charge in [0.1, 0.15) is 6.61 Å². The predicted molar refractivity (Wildman–Crippen MR) is 196 cm³/mol. The average Bonchev–Trinajstić information content (AvgIpc) is 3.05. The van der Waals surface area contributed by atoms with Crippen molar-refractivity contribution in [2.24, 2.45) is 0 Å². The largest absolute Gasteiger partial charge is 0.461 e. The lowest BCUT2D eigenvalue weighted by Gasteiger charge is -2.18. The highest BCUT2D eigenvalue weighted by molar-refractivity contribution is 5.71. The molecule has 0 aromatic heterocycles. The van der Waals surface area contributed by atoms with Crippen LogP contribution in [0.3, 0.4) is 0 Å².